The molecule has 0 saturated heterocycles. The maximum absolute atomic E-state index is 11.1. The molecule has 1 aromatic rings. The van der Waals surface area contributed by atoms with E-state index in [1.54, 1.807) is 0 Å². The number of carboxylic acids is 1. The number of hydrogen-bond donors (Lipinski definition) is 1. The molecule has 1 fully saturated rings. The van der Waals surface area contributed by atoms with E-state index in [-0.39, 0.29) is 5.92 Å². The molecule has 2 aliphatic rings. The van der Waals surface area contributed by atoms with Crippen LogP contribution in [0.3, 0.4) is 0 Å². The molecule has 18 heavy (non-hydrogen) atoms. The van der Waals surface area contributed by atoms with Gasteiger partial charge in [-0.25, -0.2) is 0 Å². The van der Waals surface area contributed by atoms with E-state index in [1.165, 1.54) is 30.4 Å². The van der Waals surface area contributed by atoms with Gasteiger partial charge in [0.2, 0.25) is 0 Å². The average Bonchev–Trinajstić information content (AvgIpc) is 2.34. The average molecular weight is 244 g/mol. The Morgan fingerprint density at radius 3 is 2.78 bits per heavy atom. The summed E-state index contributed by atoms with van der Waals surface area (Å²) in [6.07, 6.45) is 6.75. The van der Waals surface area contributed by atoms with Gasteiger partial charge in [0.05, 0.1) is 5.92 Å². The maximum Gasteiger partial charge on any atom is 0.306 e. The molecule has 0 amide bonds. The Morgan fingerprint density at radius 2 is 2.06 bits per heavy atom. The van der Waals surface area contributed by atoms with E-state index >= 15 is 0 Å². The molecule has 2 nitrogen and oxygen atoms in total. The Morgan fingerprint density at radius 1 is 1.22 bits per heavy atom. The minimum atomic E-state index is -0.588. The van der Waals surface area contributed by atoms with Gasteiger partial charge >= 0.3 is 5.97 Å². The topological polar surface area (TPSA) is 37.3 Å². The third-order valence-corrected chi connectivity index (χ3v) is 4.82. The fraction of sp³-hybridized carbons (Fsp3) is 0.562. The Labute approximate surface area is 108 Å². The van der Waals surface area contributed by atoms with Crippen molar-refractivity contribution in [3.63, 3.8) is 0 Å². The third-order valence-electron chi connectivity index (χ3n) is 4.82. The van der Waals surface area contributed by atoms with Gasteiger partial charge in [0.25, 0.3) is 0 Å². The molecule has 1 saturated carbocycles. The summed E-state index contributed by atoms with van der Waals surface area (Å²) in [5, 5.41) is 9.13. The molecule has 2 heteroatoms. The van der Waals surface area contributed by atoms with E-state index in [0.717, 1.165) is 19.3 Å². The van der Waals surface area contributed by atoms with E-state index < -0.39 is 5.97 Å². The number of aryl methyl sites for hydroxylation is 1. The van der Waals surface area contributed by atoms with Gasteiger partial charge < -0.3 is 5.11 Å². The molecule has 0 aromatic heterocycles. The van der Waals surface area contributed by atoms with Crippen LogP contribution in [0.1, 0.15) is 49.1 Å². The monoisotopic (exact) mass is 244 g/mol. The van der Waals surface area contributed by atoms with E-state index in [4.69, 9.17) is 5.11 Å². The highest BCUT2D eigenvalue weighted by molar-refractivity contribution is 5.71. The highest BCUT2D eigenvalue weighted by Crippen LogP contribution is 2.44. The van der Waals surface area contributed by atoms with Crippen molar-refractivity contribution in [3.05, 3.63) is 35.4 Å². The number of benzene rings is 1. The van der Waals surface area contributed by atoms with Gasteiger partial charge in [-0.3, -0.25) is 4.79 Å². The second kappa shape index (κ2) is 4.75. The summed E-state index contributed by atoms with van der Waals surface area (Å²) in [6, 6.07) is 8.71. The van der Waals surface area contributed by atoms with E-state index in [0.29, 0.717) is 11.8 Å². The zero-order chi connectivity index (χ0) is 12.5. The van der Waals surface area contributed by atoms with Crippen molar-refractivity contribution in [2.24, 2.45) is 11.8 Å². The van der Waals surface area contributed by atoms with Crippen LogP contribution in [-0.4, -0.2) is 11.1 Å². The van der Waals surface area contributed by atoms with Crippen LogP contribution in [0, 0.1) is 11.8 Å². The smallest absolute Gasteiger partial charge is 0.306 e. The molecule has 0 heterocycles. The van der Waals surface area contributed by atoms with Crippen molar-refractivity contribution in [1.29, 1.82) is 0 Å². The molecule has 0 bridgehead atoms. The maximum atomic E-state index is 11.1. The largest absolute Gasteiger partial charge is 0.481 e. The zero-order valence-electron chi connectivity index (χ0n) is 10.6. The molecule has 3 atom stereocenters. The predicted octanol–water partition coefficient (Wildman–Crippen LogP) is 3.61. The number of carboxylic acid groups (broad SMARTS) is 1. The SMILES string of the molecule is O=C(O)C1CCC1CC1CCCc2ccccc21. The summed E-state index contributed by atoms with van der Waals surface area (Å²) < 4.78 is 0. The Bertz CT molecular complexity index is 452. The number of carbonyl (C=O) groups is 1. The molecule has 3 rings (SSSR count). The van der Waals surface area contributed by atoms with Gasteiger partial charge in [-0.2, -0.15) is 0 Å². The summed E-state index contributed by atoms with van der Waals surface area (Å²) >= 11 is 0. The van der Waals surface area contributed by atoms with Crippen LogP contribution in [0.2, 0.25) is 0 Å². The van der Waals surface area contributed by atoms with E-state index in [2.05, 4.69) is 24.3 Å². The number of rotatable bonds is 3. The lowest BCUT2D eigenvalue weighted by molar-refractivity contribution is -0.148. The van der Waals surface area contributed by atoms with Gasteiger partial charge in [0, 0.05) is 0 Å². The van der Waals surface area contributed by atoms with Crippen molar-refractivity contribution < 1.29 is 9.90 Å². The molecule has 0 radical (unpaired) electrons. The molecule has 96 valence electrons. The van der Waals surface area contributed by atoms with E-state index in [1.807, 2.05) is 0 Å². The van der Waals surface area contributed by atoms with Gasteiger partial charge in [-0.15, -0.1) is 0 Å². The number of aliphatic carboxylic acids is 1. The first kappa shape index (κ1) is 11.8. The van der Waals surface area contributed by atoms with E-state index in [9.17, 15) is 4.79 Å². The normalized spacial score (nSPS) is 30.3. The summed E-state index contributed by atoms with van der Waals surface area (Å²) in [5.74, 6) is 0.357. The summed E-state index contributed by atoms with van der Waals surface area (Å²) in [5.41, 5.74) is 2.97. The predicted molar refractivity (Wildman–Crippen MR) is 70.6 cm³/mol. The Hall–Kier alpha value is -1.31. The lowest BCUT2D eigenvalue weighted by atomic mass is 9.67. The Kier molecular flexibility index (Phi) is 3.11. The van der Waals surface area contributed by atoms with Crippen LogP contribution >= 0.6 is 0 Å². The molecular weight excluding hydrogens is 224 g/mol. The highest BCUT2D eigenvalue weighted by atomic mass is 16.4. The van der Waals surface area contributed by atoms with Crippen molar-refractivity contribution >= 4 is 5.97 Å². The standard InChI is InChI=1S/C16H20O2/c17-16(18)15-9-8-13(15)10-12-6-3-5-11-4-1-2-7-14(11)12/h1-2,4,7,12-13,15H,3,5-6,8-10H2,(H,17,18). The lowest BCUT2D eigenvalue weighted by Gasteiger charge is -2.37. The quantitative estimate of drug-likeness (QED) is 0.882. The molecular formula is C16H20O2. The highest BCUT2D eigenvalue weighted by Gasteiger charge is 2.38. The van der Waals surface area contributed by atoms with Crippen molar-refractivity contribution in [1.82, 2.24) is 0 Å². The van der Waals surface area contributed by atoms with Crippen LogP contribution in [0.25, 0.3) is 0 Å². The van der Waals surface area contributed by atoms with Gasteiger partial charge in [-0.1, -0.05) is 24.3 Å². The first-order chi connectivity index (χ1) is 8.75. The van der Waals surface area contributed by atoms with Gasteiger partial charge in [0.1, 0.15) is 0 Å². The fourth-order valence-electron chi connectivity index (χ4n) is 3.64. The number of fused-ring (bicyclic) bond motifs is 1. The first-order valence-electron chi connectivity index (χ1n) is 7.06. The van der Waals surface area contributed by atoms with Crippen LogP contribution < -0.4 is 0 Å². The second-order valence-electron chi connectivity index (χ2n) is 5.81. The molecule has 2 aliphatic carbocycles. The number of hydrogen-bond acceptors (Lipinski definition) is 1. The fourth-order valence-corrected chi connectivity index (χ4v) is 3.64. The molecule has 1 aromatic carbocycles. The van der Waals surface area contributed by atoms with Gasteiger partial charge in [-0.05, 0) is 61.5 Å². The molecule has 1 N–H and O–H groups in total. The van der Waals surface area contributed by atoms with Crippen LogP contribution in [-0.2, 0) is 11.2 Å². The van der Waals surface area contributed by atoms with Crippen molar-refractivity contribution in [2.75, 3.05) is 0 Å². The Balaban J connectivity index is 1.73. The van der Waals surface area contributed by atoms with Crippen LogP contribution in [0.15, 0.2) is 24.3 Å². The third kappa shape index (κ3) is 2.05. The molecule has 0 aliphatic heterocycles. The first-order valence-corrected chi connectivity index (χ1v) is 7.06. The minimum Gasteiger partial charge on any atom is -0.481 e. The summed E-state index contributed by atoms with van der Waals surface area (Å²) in [4.78, 5) is 11.1. The zero-order valence-corrected chi connectivity index (χ0v) is 10.6. The van der Waals surface area contributed by atoms with Gasteiger partial charge in [0.15, 0.2) is 0 Å². The van der Waals surface area contributed by atoms with Crippen molar-refractivity contribution in [3.8, 4) is 0 Å². The summed E-state index contributed by atoms with van der Waals surface area (Å²) in [6.45, 7) is 0. The minimum absolute atomic E-state index is 0.0703. The molecule has 3 unspecified atom stereocenters. The van der Waals surface area contributed by atoms with Crippen molar-refractivity contribution in [2.45, 2.75) is 44.4 Å². The van der Waals surface area contributed by atoms with Crippen LogP contribution in [0.4, 0.5) is 0 Å². The second-order valence-corrected chi connectivity index (χ2v) is 5.81. The molecule has 0 spiro atoms. The van der Waals surface area contributed by atoms with Crippen LogP contribution in [0.5, 0.6) is 0 Å². The summed E-state index contributed by atoms with van der Waals surface area (Å²) in [7, 11) is 0. The lowest BCUT2D eigenvalue weighted by Crippen LogP contribution is -2.34.